The Hall–Kier alpha value is -0.120. The first-order chi connectivity index (χ1) is 6.33. The van der Waals surface area contributed by atoms with Crippen LogP contribution in [-0.4, -0.2) is 38.9 Å². The molecule has 1 aliphatic rings. The van der Waals surface area contributed by atoms with Gasteiger partial charge in [0, 0.05) is 25.8 Å². The van der Waals surface area contributed by atoms with Crippen LogP contribution in [0.15, 0.2) is 0 Å². The van der Waals surface area contributed by atoms with E-state index >= 15 is 0 Å². The lowest BCUT2D eigenvalue weighted by molar-refractivity contribution is 0.181. The molecule has 3 nitrogen and oxygen atoms in total. The summed E-state index contributed by atoms with van der Waals surface area (Å²) in [7, 11) is 1.76. The maximum atomic E-state index is 5.05. The standard InChI is InChI=1S/C10H22N2O/c1-9(5-8-13-2)12-10-3-6-11-7-4-10/h9-12H,3-8H2,1-2H3. The molecule has 1 atom stereocenters. The minimum absolute atomic E-state index is 0.586. The fraction of sp³-hybridized carbons (Fsp3) is 1.00. The number of rotatable bonds is 5. The fourth-order valence-corrected chi connectivity index (χ4v) is 1.77. The average molecular weight is 186 g/mol. The second-order valence-electron chi connectivity index (χ2n) is 3.87. The number of nitrogens with one attached hydrogen (secondary N) is 2. The van der Waals surface area contributed by atoms with Gasteiger partial charge in [0.1, 0.15) is 0 Å². The molecule has 1 unspecified atom stereocenters. The fourth-order valence-electron chi connectivity index (χ4n) is 1.77. The second-order valence-corrected chi connectivity index (χ2v) is 3.87. The molecule has 0 aromatic carbocycles. The van der Waals surface area contributed by atoms with Gasteiger partial charge in [-0.05, 0) is 39.3 Å². The van der Waals surface area contributed by atoms with Gasteiger partial charge in [0.05, 0.1) is 0 Å². The molecule has 13 heavy (non-hydrogen) atoms. The number of methoxy groups -OCH3 is 1. The summed E-state index contributed by atoms with van der Waals surface area (Å²) in [5.74, 6) is 0. The average Bonchev–Trinajstić information content (AvgIpc) is 2.16. The Morgan fingerprint density at radius 1 is 1.46 bits per heavy atom. The van der Waals surface area contributed by atoms with E-state index in [0.717, 1.165) is 26.1 Å². The first-order valence-electron chi connectivity index (χ1n) is 5.28. The molecule has 0 bridgehead atoms. The molecular weight excluding hydrogens is 164 g/mol. The quantitative estimate of drug-likeness (QED) is 0.665. The van der Waals surface area contributed by atoms with Crippen molar-refractivity contribution in [3.63, 3.8) is 0 Å². The monoisotopic (exact) mass is 186 g/mol. The summed E-state index contributed by atoms with van der Waals surface area (Å²) in [6.07, 6.45) is 3.63. The van der Waals surface area contributed by atoms with Crippen molar-refractivity contribution in [2.24, 2.45) is 0 Å². The van der Waals surface area contributed by atoms with E-state index in [0.29, 0.717) is 12.1 Å². The van der Waals surface area contributed by atoms with Gasteiger partial charge in [-0.3, -0.25) is 0 Å². The highest BCUT2D eigenvalue weighted by molar-refractivity contribution is 4.76. The Morgan fingerprint density at radius 3 is 2.77 bits per heavy atom. The Balaban J connectivity index is 2.07. The number of ether oxygens (including phenoxy) is 1. The zero-order valence-electron chi connectivity index (χ0n) is 8.81. The summed E-state index contributed by atoms with van der Waals surface area (Å²) in [5.41, 5.74) is 0. The third-order valence-electron chi connectivity index (χ3n) is 2.61. The highest BCUT2D eigenvalue weighted by Crippen LogP contribution is 2.04. The van der Waals surface area contributed by atoms with Gasteiger partial charge in [-0.1, -0.05) is 0 Å². The van der Waals surface area contributed by atoms with E-state index in [9.17, 15) is 0 Å². The van der Waals surface area contributed by atoms with Crippen LogP contribution in [0.1, 0.15) is 26.2 Å². The molecule has 1 heterocycles. The van der Waals surface area contributed by atoms with Crippen molar-refractivity contribution in [3.05, 3.63) is 0 Å². The molecule has 0 radical (unpaired) electrons. The largest absolute Gasteiger partial charge is 0.385 e. The van der Waals surface area contributed by atoms with Crippen LogP contribution in [0.4, 0.5) is 0 Å². The van der Waals surface area contributed by atoms with Crippen LogP contribution in [0.5, 0.6) is 0 Å². The molecule has 0 saturated carbocycles. The third-order valence-corrected chi connectivity index (χ3v) is 2.61. The van der Waals surface area contributed by atoms with E-state index in [1.807, 2.05) is 0 Å². The molecular formula is C10H22N2O. The van der Waals surface area contributed by atoms with Crippen molar-refractivity contribution < 1.29 is 4.74 Å². The van der Waals surface area contributed by atoms with Gasteiger partial charge in [0.15, 0.2) is 0 Å². The molecule has 1 aliphatic heterocycles. The Morgan fingerprint density at radius 2 is 2.15 bits per heavy atom. The van der Waals surface area contributed by atoms with Gasteiger partial charge in [-0.25, -0.2) is 0 Å². The minimum atomic E-state index is 0.586. The van der Waals surface area contributed by atoms with Gasteiger partial charge in [0.2, 0.25) is 0 Å². The van der Waals surface area contributed by atoms with Crippen LogP contribution in [0.2, 0.25) is 0 Å². The van der Waals surface area contributed by atoms with Crippen molar-refractivity contribution in [2.45, 2.75) is 38.3 Å². The van der Waals surface area contributed by atoms with Gasteiger partial charge in [-0.15, -0.1) is 0 Å². The first-order valence-corrected chi connectivity index (χ1v) is 5.28. The van der Waals surface area contributed by atoms with E-state index in [2.05, 4.69) is 17.6 Å². The van der Waals surface area contributed by atoms with Crippen molar-refractivity contribution in [1.29, 1.82) is 0 Å². The van der Waals surface area contributed by atoms with Crippen molar-refractivity contribution in [3.8, 4) is 0 Å². The van der Waals surface area contributed by atoms with Crippen LogP contribution in [-0.2, 0) is 4.74 Å². The number of hydrogen-bond acceptors (Lipinski definition) is 3. The van der Waals surface area contributed by atoms with Crippen molar-refractivity contribution in [1.82, 2.24) is 10.6 Å². The van der Waals surface area contributed by atoms with E-state index in [-0.39, 0.29) is 0 Å². The van der Waals surface area contributed by atoms with E-state index in [1.165, 1.54) is 12.8 Å². The van der Waals surface area contributed by atoms with Gasteiger partial charge in [-0.2, -0.15) is 0 Å². The maximum absolute atomic E-state index is 5.05. The Bertz CT molecular complexity index is 124. The number of hydrogen-bond donors (Lipinski definition) is 2. The van der Waals surface area contributed by atoms with E-state index in [4.69, 9.17) is 4.74 Å². The molecule has 0 aliphatic carbocycles. The smallest absolute Gasteiger partial charge is 0.0476 e. The molecule has 0 spiro atoms. The normalized spacial score (nSPS) is 21.7. The van der Waals surface area contributed by atoms with Gasteiger partial charge in [0.25, 0.3) is 0 Å². The summed E-state index contributed by atoms with van der Waals surface area (Å²) in [4.78, 5) is 0. The maximum Gasteiger partial charge on any atom is 0.0476 e. The van der Waals surface area contributed by atoms with Crippen molar-refractivity contribution >= 4 is 0 Å². The zero-order valence-corrected chi connectivity index (χ0v) is 8.81. The van der Waals surface area contributed by atoms with Gasteiger partial charge >= 0.3 is 0 Å². The van der Waals surface area contributed by atoms with Crippen LogP contribution in [0.3, 0.4) is 0 Å². The van der Waals surface area contributed by atoms with Crippen LogP contribution >= 0.6 is 0 Å². The molecule has 1 rings (SSSR count). The molecule has 0 aromatic rings. The number of piperidine rings is 1. The van der Waals surface area contributed by atoms with Gasteiger partial charge < -0.3 is 15.4 Å². The topological polar surface area (TPSA) is 33.3 Å². The lowest BCUT2D eigenvalue weighted by atomic mass is 10.1. The lowest BCUT2D eigenvalue weighted by Gasteiger charge is -2.27. The SMILES string of the molecule is COCCC(C)NC1CCNCC1. The summed E-state index contributed by atoms with van der Waals surface area (Å²) < 4.78 is 5.05. The summed E-state index contributed by atoms with van der Waals surface area (Å²) in [6.45, 7) is 5.42. The summed E-state index contributed by atoms with van der Waals surface area (Å²) in [6, 6.07) is 1.30. The van der Waals surface area contributed by atoms with Crippen LogP contribution in [0, 0.1) is 0 Å². The third kappa shape index (κ3) is 4.60. The van der Waals surface area contributed by atoms with E-state index < -0.39 is 0 Å². The molecule has 3 heteroatoms. The Kier molecular flexibility index (Phi) is 5.35. The first kappa shape index (κ1) is 11.0. The molecule has 78 valence electrons. The molecule has 2 N–H and O–H groups in total. The highest BCUT2D eigenvalue weighted by Gasteiger charge is 2.14. The van der Waals surface area contributed by atoms with Crippen LogP contribution < -0.4 is 10.6 Å². The second kappa shape index (κ2) is 6.35. The van der Waals surface area contributed by atoms with Crippen LogP contribution in [0.25, 0.3) is 0 Å². The highest BCUT2D eigenvalue weighted by atomic mass is 16.5. The predicted octanol–water partition coefficient (Wildman–Crippen LogP) is 0.753. The molecule has 0 aromatic heterocycles. The predicted molar refractivity (Wildman–Crippen MR) is 55.0 cm³/mol. The molecule has 1 saturated heterocycles. The zero-order chi connectivity index (χ0) is 9.52. The Labute approximate surface area is 81.2 Å². The molecule has 0 amide bonds. The lowest BCUT2D eigenvalue weighted by Crippen LogP contribution is -2.43. The summed E-state index contributed by atoms with van der Waals surface area (Å²) in [5, 5.41) is 7.00. The summed E-state index contributed by atoms with van der Waals surface area (Å²) >= 11 is 0. The van der Waals surface area contributed by atoms with Crippen molar-refractivity contribution in [2.75, 3.05) is 26.8 Å². The molecule has 1 fully saturated rings. The van der Waals surface area contributed by atoms with E-state index in [1.54, 1.807) is 7.11 Å². The minimum Gasteiger partial charge on any atom is -0.385 e.